The SMILES string of the molecule is NC[C@]12CCC[C@H]1CN(S(N)(=O)=O)C2. The molecule has 5 nitrogen and oxygen atoms in total. The Bertz CT molecular complexity index is 329. The lowest BCUT2D eigenvalue weighted by molar-refractivity contribution is 0.274. The summed E-state index contributed by atoms with van der Waals surface area (Å²) in [4.78, 5) is 0. The van der Waals surface area contributed by atoms with Crippen LogP contribution in [0.15, 0.2) is 0 Å². The Morgan fingerprint density at radius 3 is 2.71 bits per heavy atom. The largest absolute Gasteiger partial charge is 0.330 e. The van der Waals surface area contributed by atoms with Crippen LogP contribution in [0.4, 0.5) is 0 Å². The summed E-state index contributed by atoms with van der Waals surface area (Å²) in [5, 5.41) is 5.11. The van der Waals surface area contributed by atoms with Gasteiger partial charge in [0, 0.05) is 18.5 Å². The van der Waals surface area contributed by atoms with E-state index in [0.717, 1.165) is 12.8 Å². The fraction of sp³-hybridized carbons (Fsp3) is 1.00. The Morgan fingerprint density at radius 2 is 2.21 bits per heavy atom. The Hall–Kier alpha value is -0.170. The molecule has 14 heavy (non-hydrogen) atoms. The fourth-order valence-electron chi connectivity index (χ4n) is 2.89. The van der Waals surface area contributed by atoms with Gasteiger partial charge in [-0.05, 0) is 25.3 Å². The lowest BCUT2D eigenvalue weighted by atomic mass is 9.81. The van der Waals surface area contributed by atoms with Gasteiger partial charge >= 0.3 is 0 Å². The van der Waals surface area contributed by atoms with Crippen molar-refractivity contribution in [2.24, 2.45) is 22.2 Å². The van der Waals surface area contributed by atoms with Gasteiger partial charge in [0.1, 0.15) is 0 Å². The maximum Gasteiger partial charge on any atom is 0.276 e. The van der Waals surface area contributed by atoms with Gasteiger partial charge in [-0.2, -0.15) is 12.7 Å². The Labute approximate surface area is 84.6 Å². The van der Waals surface area contributed by atoms with Crippen LogP contribution in [0, 0.1) is 11.3 Å². The van der Waals surface area contributed by atoms with Gasteiger partial charge in [-0.15, -0.1) is 0 Å². The molecular formula is C8H17N3O2S. The predicted molar refractivity (Wildman–Crippen MR) is 53.5 cm³/mol. The Balaban J connectivity index is 2.21. The van der Waals surface area contributed by atoms with Crippen LogP contribution in [-0.2, 0) is 10.2 Å². The smallest absolute Gasteiger partial charge is 0.276 e. The molecule has 2 rings (SSSR count). The van der Waals surface area contributed by atoms with E-state index in [4.69, 9.17) is 10.9 Å². The van der Waals surface area contributed by atoms with Crippen LogP contribution in [0.3, 0.4) is 0 Å². The van der Waals surface area contributed by atoms with Gasteiger partial charge in [0.15, 0.2) is 0 Å². The van der Waals surface area contributed by atoms with E-state index in [9.17, 15) is 8.42 Å². The molecule has 1 saturated heterocycles. The van der Waals surface area contributed by atoms with E-state index in [1.54, 1.807) is 0 Å². The zero-order valence-electron chi connectivity index (χ0n) is 8.15. The van der Waals surface area contributed by atoms with Crippen LogP contribution in [0.1, 0.15) is 19.3 Å². The molecule has 82 valence electrons. The molecule has 1 aliphatic carbocycles. The number of fused-ring (bicyclic) bond motifs is 1. The van der Waals surface area contributed by atoms with E-state index in [1.807, 2.05) is 0 Å². The molecule has 2 fully saturated rings. The van der Waals surface area contributed by atoms with E-state index in [-0.39, 0.29) is 5.41 Å². The average molecular weight is 219 g/mol. The molecule has 0 radical (unpaired) electrons. The highest BCUT2D eigenvalue weighted by molar-refractivity contribution is 7.86. The minimum absolute atomic E-state index is 0.0203. The number of rotatable bonds is 2. The first-order valence-corrected chi connectivity index (χ1v) is 6.46. The van der Waals surface area contributed by atoms with Crippen molar-refractivity contribution in [1.82, 2.24) is 4.31 Å². The summed E-state index contributed by atoms with van der Waals surface area (Å²) in [6.45, 7) is 1.66. The van der Waals surface area contributed by atoms with Crippen molar-refractivity contribution in [3.8, 4) is 0 Å². The third-order valence-electron chi connectivity index (χ3n) is 3.77. The van der Waals surface area contributed by atoms with Gasteiger partial charge in [0.05, 0.1) is 0 Å². The van der Waals surface area contributed by atoms with Gasteiger partial charge in [0.2, 0.25) is 0 Å². The second kappa shape index (κ2) is 3.16. The molecule has 1 saturated carbocycles. The molecule has 0 spiro atoms. The average Bonchev–Trinajstić information content (AvgIpc) is 2.56. The molecule has 0 bridgehead atoms. The quantitative estimate of drug-likeness (QED) is 0.640. The van der Waals surface area contributed by atoms with Crippen molar-refractivity contribution in [2.75, 3.05) is 19.6 Å². The fourth-order valence-corrected chi connectivity index (χ4v) is 3.72. The van der Waals surface area contributed by atoms with Crippen molar-refractivity contribution >= 4 is 10.2 Å². The molecule has 0 aromatic rings. The topological polar surface area (TPSA) is 89.4 Å². The summed E-state index contributed by atoms with van der Waals surface area (Å²) in [6, 6.07) is 0. The van der Waals surface area contributed by atoms with Crippen molar-refractivity contribution < 1.29 is 8.42 Å². The molecule has 0 amide bonds. The Kier molecular flexibility index (Phi) is 2.34. The summed E-state index contributed by atoms with van der Waals surface area (Å²) in [5.74, 6) is 0.422. The van der Waals surface area contributed by atoms with Crippen molar-refractivity contribution in [3.63, 3.8) is 0 Å². The van der Waals surface area contributed by atoms with Crippen LogP contribution in [0.5, 0.6) is 0 Å². The van der Waals surface area contributed by atoms with Crippen LogP contribution >= 0.6 is 0 Å². The third kappa shape index (κ3) is 1.46. The van der Waals surface area contributed by atoms with Crippen molar-refractivity contribution in [3.05, 3.63) is 0 Å². The van der Waals surface area contributed by atoms with Gasteiger partial charge in [-0.25, -0.2) is 5.14 Å². The number of nitrogens with zero attached hydrogens (tertiary/aromatic N) is 1. The number of hydrogen-bond donors (Lipinski definition) is 2. The first kappa shape index (κ1) is 10.4. The molecule has 6 heteroatoms. The van der Waals surface area contributed by atoms with Gasteiger partial charge < -0.3 is 5.73 Å². The zero-order chi connectivity index (χ0) is 10.4. The predicted octanol–water partition coefficient (Wildman–Crippen LogP) is -0.749. The van der Waals surface area contributed by atoms with Crippen molar-refractivity contribution in [2.45, 2.75) is 19.3 Å². The van der Waals surface area contributed by atoms with Crippen LogP contribution < -0.4 is 10.9 Å². The molecule has 0 unspecified atom stereocenters. The van der Waals surface area contributed by atoms with E-state index < -0.39 is 10.2 Å². The molecule has 0 aromatic carbocycles. The molecule has 1 heterocycles. The lowest BCUT2D eigenvalue weighted by Gasteiger charge is -2.26. The minimum Gasteiger partial charge on any atom is -0.330 e. The lowest BCUT2D eigenvalue weighted by Crippen LogP contribution is -2.39. The summed E-state index contributed by atoms with van der Waals surface area (Å²) in [5.41, 5.74) is 5.77. The van der Waals surface area contributed by atoms with Gasteiger partial charge in [-0.1, -0.05) is 6.42 Å². The van der Waals surface area contributed by atoms with Crippen LogP contribution in [0.2, 0.25) is 0 Å². The molecule has 1 aliphatic heterocycles. The highest BCUT2D eigenvalue weighted by Gasteiger charge is 2.50. The maximum absolute atomic E-state index is 11.2. The zero-order valence-corrected chi connectivity index (χ0v) is 8.96. The van der Waals surface area contributed by atoms with E-state index in [1.165, 1.54) is 10.7 Å². The standard InChI is InChI=1S/C8H17N3O2S/c9-5-8-3-1-2-7(8)4-11(6-8)14(10,12)13/h7H,1-6,9H2,(H2,10,12,13)/t7-,8-/m0/s1. The van der Waals surface area contributed by atoms with Crippen molar-refractivity contribution in [1.29, 1.82) is 0 Å². The highest BCUT2D eigenvalue weighted by Crippen LogP contribution is 2.48. The maximum atomic E-state index is 11.2. The number of hydrogen-bond acceptors (Lipinski definition) is 3. The summed E-state index contributed by atoms with van der Waals surface area (Å²) in [6.07, 6.45) is 3.30. The van der Waals surface area contributed by atoms with Gasteiger partial charge in [-0.3, -0.25) is 0 Å². The first-order valence-electron chi connectivity index (χ1n) is 4.96. The molecule has 2 atom stereocenters. The number of nitrogens with two attached hydrogens (primary N) is 2. The minimum atomic E-state index is -3.52. The monoisotopic (exact) mass is 219 g/mol. The van der Waals surface area contributed by atoms with E-state index >= 15 is 0 Å². The first-order chi connectivity index (χ1) is 6.48. The van der Waals surface area contributed by atoms with E-state index in [0.29, 0.717) is 25.6 Å². The summed E-state index contributed by atoms with van der Waals surface area (Å²) >= 11 is 0. The van der Waals surface area contributed by atoms with Crippen LogP contribution in [-0.4, -0.2) is 32.4 Å². The molecule has 4 N–H and O–H groups in total. The normalized spacial score (nSPS) is 38.9. The van der Waals surface area contributed by atoms with Crippen LogP contribution in [0.25, 0.3) is 0 Å². The third-order valence-corrected chi connectivity index (χ3v) is 4.77. The molecule has 2 aliphatic rings. The second-order valence-corrected chi connectivity index (χ2v) is 6.04. The molecule has 0 aromatic heterocycles. The highest BCUT2D eigenvalue weighted by atomic mass is 32.2. The Morgan fingerprint density at radius 1 is 1.50 bits per heavy atom. The summed E-state index contributed by atoms with van der Waals surface area (Å²) in [7, 11) is -3.52. The van der Waals surface area contributed by atoms with E-state index in [2.05, 4.69) is 0 Å². The second-order valence-electron chi connectivity index (χ2n) is 4.49. The van der Waals surface area contributed by atoms with Gasteiger partial charge in [0.25, 0.3) is 10.2 Å². The molecular weight excluding hydrogens is 202 g/mol. The summed E-state index contributed by atoms with van der Waals surface area (Å²) < 4.78 is 23.8.